The van der Waals surface area contributed by atoms with E-state index in [0.717, 1.165) is 35.1 Å². The van der Waals surface area contributed by atoms with Gasteiger partial charge in [-0.05, 0) is 52.1 Å². The summed E-state index contributed by atoms with van der Waals surface area (Å²) in [4.78, 5) is 34.0. The van der Waals surface area contributed by atoms with Crippen molar-refractivity contribution in [2.75, 3.05) is 14.1 Å². The lowest BCUT2D eigenvalue weighted by molar-refractivity contribution is 0.0931. The molecule has 2 heterocycles. The number of benzene rings is 2. The summed E-state index contributed by atoms with van der Waals surface area (Å²) >= 11 is 0. The van der Waals surface area contributed by atoms with Crippen molar-refractivity contribution in [3.05, 3.63) is 88.0 Å². The Morgan fingerprint density at radius 3 is 2.35 bits per heavy atom. The average molecular weight is 543 g/mol. The van der Waals surface area contributed by atoms with Crippen LogP contribution in [0.25, 0.3) is 0 Å². The first-order valence-electron chi connectivity index (χ1n) is 13.2. The fourth-order valence-corrected chi connectivity index (χ4v) is 5.28. The molecular formula is C29H34N8O3. The Morgan fingerprint density at radius 1 is 0.975 bits per heavy atom. The highest BCUT2D eigenvalue weighted by Crippen LogP contribution is 2.36. The second kappa shape index (κ2) is 10.6. The molecule has 11 nitrogen and oxygen atoms in total. The number of carbonyl (C=O) groups excluding carboxylic acids is 2. The Balaban J connectivity index is 1.22. The van der Waals surface area contributed by atoms with E-state index in [0.29, 0.717) is 0 Å². The highest BCUT2D eigenvalue weighted by Gasteiger charge is 2.30. The van der Waals surface area contributed by atoms with Crippen LogP contribution in [0.4, 0.5) is 0 Å². The second-order valence-electron chi connectivity index (χ2n) is 11.3. The molecule has 0 spiro atoms. The van der Waals surface area contributed by atoms with E-state index in [2.05, 4.69) is 37.1 Å². The Labute approximate surface area is 233 Å². The third kappa shape index (κ3) is 5.45. The number of nitrogens with one attached hydrogen (secondary N) is 2. The van der Waals surface area contributed by atoms with Gasteiger partial charge >= 0.3 is 0 Å². The van der Waals surface area contributed by atoms with Gasteiger partial charge in [-0.3, -0.25) is 19.6 Å². The van der Waals surface area contributed by atoms with Gasteiger partial charge in [0.2, 0.25) is 0 Å². The minimum absolute atomic E-state index is 0.0573. The van der Waals surface area contributed by atoms with Crippen LogP contribution in [0, 0.1) is 0 Å². The highest BCUT2D eigenvalue weighted by atomic mass is 16.3. The van der Waals surface area contributed by atoms with Crippen molar-refractivity contribution in [1.82, 2.24) is 30.6 Å². The zero-order chi connectivity index (χ0) is 28.6. The molecule has 2 amide bonds. The largest absolute Gasteiger partial charge is 0.508 e. The third-order valence-corrected chi connectivity index (χ3v) is 7.33. The van der Waals surface area contributed by atoms with Gasteiger partial charge in [0.25, 0.3) is 11.8 Å². The number of hydrogen-bond donors (Lipinski definition) is 3. The lowest BCUT2D eigenvalue weighted by Crippen LogP contribution is -2.29. The van der Waals surface area contributed by atoms with E-state index in [9.17, 15) is 14.7 Å². The SMILES string of the molecule is CN1N=NN(C)C1c1ccc2c(c1)CC[C@@H]2NC(=O)c1cc(C(=O)NCc2ccc(C(C)(C)C)c(O)c2)ncn1. The number of aromatic nitrogens is 2. The van der Waals surface area contributed by atoms with Crippen LogP contribution >= 0.6 is 0 Å². The number of nitrogens with zero attached hydrogens (tertiary/aromatic N) is 6. The fraction of sp³-hybridized carbons (Fsp3) is 0.379. The Morgan fingerprint density at radius 2 is 1.68 bits per heavy atom. The summed E-state index contributed by atoms with van der Waals surface area (Å²) in [5.41, 5.74) is 4.95. The zero-order valence-electron chi connectivity index (χ0n) is 23.3. The van der Waals surface area contributed by atoms with Gasteiger partial charge < -0.3 is 15.7 Å². The third-order valence-electron chi connectivity index (χ3n) is 7.33. The maximum absolute atomic E-state index is 13.1. The summed E-state index contributed by atoms with van der Waals surface area (Å²) < 4.78 is 0. The molecule has 0 radical (unpaired) electrons. The van der Waals surface area contributed by atoms with Gasteiger partial charge in [0, 0.05) is 26.7 Å². The Kier molecular flexibility index (Phi) is 7.14. The van der Waals surface area contributed by atoms with Crippen molar-refractivity contribution in [1.29, 1.82) is 0 Å². The number of aromatic hydroxyl groups is 1. The first kappa shape index (κ1) is 27.0. The van der Waals surface area contributed by atoms with Crippen LogP contribution in [0.1, 0.15) is 88.2 Å². The van der Waals surface area contributed by atoms with Crippen LogP contribution in [0.15, 0.2) is 59.2 Å². The van der Waals surface area contributed by atoms with E-state index in [4.69, 9.17) is 0 Å². The molecule has 40 heavy (non-hydrogen) atoms. The number of carbonyl (C=O) groups is 2. The first-order chi connectivity index (χ1) is 19.0. The zero-order valence-corrected chi connectivity index (χ0v) is 23.3. The van der Waals surface area contributed by atoms with Gasteiger partial charge in [0.15, 0.2) is 6.17 Å². The van der Waals surface area contributed by atoms with E-state index < -0.39 is 5.91 Å². The number of phenols is 1. The molecule has 0 saturated heterocycles. The average Bonchev–Trinajstić information content (AvgIpc) is 3.47. The minimum atomic E-state index is -0.435. The van der Waals surface area contributed by atoms with Gasteiger partial charge in [0.1, 0.15) is 23.5 Å². The predicted octanol–water partition coefficient (Wildman–Crippen LogP) is 3.99. The molecule has 11 heteroatoms. The van der Waals surface area contributed by atoms with Crippen LogP contribution in [0.2, 0.25) is 0 Å². The molecule has 2 aliphatic rings. The van der Waals surface area contributed by atoms with Crippen molar-refractivity contribution < 1.29 is 14.7 Å². The van der Waals surface area contributed by atoms with Crippen LogP contribution in [-0.4, -0.2) is 51.0 Å². The van der Waals surface area contributed by atoms with Crippen LogP contribution < -0.4 is 10.6 Å². The van der Waals surface area contributed by atoms with Gasteiger partial charge in [-0.25, -0.2) is 9.97 Å². The van der Waals surface area contributed by atoms with E-state index >= 15 is 0 Å². The van der Waals surface area contributed by atoms with Crippen molar-refractivity contribution in [2.24, 2.45) is 10.4 Å². The van der Waals surface area contributed by atoms with Crippen LogP contribution in [0.5, 0.6) is 5.75 Å². The topological polar surface area (TPSA) is 135 Å². The molecule has 208 valence electrons. The summed E-state index contributed by atoms with van der Waals surface area (Å²) in [5.74, 6) is -0.613. The molecule has 3 N–H and O–H groups in total. The molecular weight excluding hydrogens is 508 g/mol. The molecule has 0 fully saturated rings. The molecule has 1 atom stereocenters. The van der Waals surface area contributed by atoms with Crippen molar-refractivity contribution in [2.45, 2.75) is 57.8 Å². The molecule has 1 aromatic heterocycles. The molecule has 0 bridgehead atoms. The van der Waals surface area contributed by atoms with Crippen LogP contribution in [-0.2, 0) is 18.4 Å². The smallest absolute Gasteiger partial charge is 0.270 e. The molecule has 1 aliphatic carbocycles. The van der Waals surface area contributed by atoms with Crippen molar-refractivity contribution >= 4 is 11.8 Å². The molecule has 1 aliphatic heterocycles. The highest BCUT2D eigenvalue weighted by molar-refractivity contribution is 5.97. The number of amides is 2. The minimum Gasteiger partial charge on any atom is -0.508 e. The van der Waals surface area contributed by atoms with Gasteiger partial charge in [0.05, 0.1) is 6.04 Å². The van der Waals surface area contributed by atoms with Crippen molar-refractivity contribution in [3.63, 3.8) is 0 Å². The maximum Gasteiger partial charge on any atom is 0.270 e. The number of aryl methyl sites for hydroxylation is 1. The first-order valence-corrected chi connectivity index (χ1v) is 13.2. The quantitative estimate of drug-likeness (QED) is 0.429. The number of fused-ring (bicyclic) bond motifs is 1. The molecule has 0 unspecified atom stereocenters. The fourth-order valence-electron chi connectivity index (χ4n) is 5.28. The molecule has 3 aromatic rings. The number of phenolic OH excluding ortho intramolecular Hbond substituents is 1. The molecule has 2 aromatic carbocycles. The second-order valence-corrected chi connectivity index (χ2v) is 11.3. The summed E-state index contributed by atoms with van der Waals surface area (Å²) in [5, 5.41) is 28.0. The summed E-state index contributed by atoms with van der Waals surface area (Å²) in [6.07, 6.45) is 2.77. The number of hydrogen-bond acceptors (Lipinski definition) is 9. The number of rotatable bonds is 6. The summed E-state index contributed by atoms with van der Waals surface area (Å²) in [6, 6.07) is 12.9. The van der Waals surface area contributed by atoms with Gasteiger partial charge in [-0.1, -0.05) is 61.5 Å². The van der Waals surface area contributed by atoms with E-state index in [1.165, 1.54) is 18.0 Å². The normalized spacial score (nSPS) is 16.8. The molecule has 0 saturated carbocycles. The van der Waals surface area contributed by atoms with E-state index in [1.807, 2.05) is 69.1 Å². The molecule has 5 rings (SSSR count). The lowest BCUT2D eigenvalue weighted by atomic mass is 9.86. The standard InChI is InChI=1S/C29H34N8O3/c1-29(2,3)21-10-6-17(12-25(21)38)15-30-26(39)23-14-24(32-16-31-23)27(40)33-22-11-8-18-13-19(7-9-20(18)22)28-36(4)34-35-37(28)5/h6-7,9-10,12-14,16,22,28,38H,8,11,15H2,1-5H3,(H,30,39)(H,33,40)/t22-/m0/s1. The van der Waals surface area contributed by atoms with E-state index in [-0.39, 0.29) is 47.2 Å². The van der Waals surface area contributed by atoms with Crippen LogP contribution in [0.3, 0.4) is 0 Å². The Bertz CT molecular complexity index is 1470. The lowest BCUT2D eigenvalue weighted by Gasteiger charge is -2.24. The van der Waals surface area contributed by atoms with E-state index in [1.54, 1.807) is 6.07 Å². The summed E-state index contributed by atoms with van der Waals surface area (Å²) in [6.45, 7) is 6.28. The summed E-state index contributed by atoms with van der Waals surface area (Å²) in [7, 11) is 3.78. The predicted molar refractivity (Wildman–Crippen MR) is 148 cm³/mol. The van der Waals surface area contributed by atoms with Gasteiger partial charge in [-0.15, -0.1) is 0 Å². The van der Waals surface area contributed by atoms with Crippen molar-refractivity contribution in [3.8, 4) is 5.75 Å². The van der Waals surface area contributed by atoms with Gasteiger partial charge in [-0.2, -0.15) is 0 Å². The Hall–Kier alpha value is -4.54. The monoisotopic (exact) mass is 542 g/mol. The maximum atomic E-state index is 13.1.